The second kappa shape index (κ2) is 9.13. The summed E-state index contributed by atoms with van der Waals surface area (Å²) in [5.74, 6) is 0.663. The number of likely N-dealkylation sites (tertiary alicyclic amines) is 1. The number of rotatable bonds is 4. The zero-order valence-electron chi connectivity index (χ0n) is 19.6. The molecule has 0 aromatic heterocycles. The number of benzene rings is 2. The predicted molar refractivity (Wildman–Crippen MR) is 128 cm³/mol. The van der Waals surface area contributed by atoms with Crippen molar-refractivity contribution in [2.75, 3.05) is 55.9 Å². The Balaban J connectivity index is 1.03. The number of halogens is 1. The van der Waals surface area contributed by atoms with Crippen LogP contribution in [0.3, 0.4) is 0 Å². The summed E-state index contributed by atoms with van der Waals surface area (Å²) in [4.78, 5) is 34.4. The number of piperidine rings is 1. The fraction of sp³-hybridized carbons (Fsp3) is 0.462. The summed E-state index contributed by atoms with van der Waals surface area (Å²) in [5.41, 5.74) is 1.61. The largest absolute Gasteiger partial charge is 0.454 e. The molecule has 3 saturated heterocycles. The van der Waals surface area contributed by atoms with Crippen molar-refractivity contribution in [1.82, 2.24) is 9.80 Å². The van der Waals surface area contributed by atoms with Crippen LogP contribution in [0.1, 0.15) is 19.3 Å². The second-order valence-electron chi connectivity index (χ2n) is 9.59. The van der Waals surface area contributed by atoms with Crippen molar-refractivity contribution in [3.05, 3.63) is 48.3 Å². The molecule has 2 aromatic carbocycles. The minimum atomic E-state index is -0.399. The first-order chi connectivity index (χ1) is 17.1. The molecule has 0 saturated carbocycles. The Labute approximate surface area is 203 Å². The van der Waals surface area contributed by atoms with Crippen LogP contribution in [0.15, 0.2) is 42.5 Å². The molecule has 0 spiro atoms. The number of hydrogen-bond donors (Lipinski definition) is 0. The Hall–Kier alpha value is -3.17. The van der Waals surface area contributed by atoms with Gasteiger partial charge in [-0.25, -0.2) is 9.29 Å². The van der Waals surface area contributed by atoms with Gasteiger partial charge in [0.15, 0.2) is 11.5 Å². The van der Waals surface area contributed by atoms with Crippen LogP contribution in [0.4, 0.5) is 15.8 Å². The number of piperazine rings is 1. The van der Waals surface area contributed by atoms with Gasteiger partial charge in [-0.05, 0) is 49.2 Å². The lowest BCUT2D eigenvalue weighted by atomic mass is 10.00. The van der Waals surface area contributed by atoms with Gasteiger partial charge in [-0.1, -0.05) is 0 Å². The first-order valence-corrected chi connectivity index (χ1v) is 12.3. The Morgan fingerprint density at radius 3 is 2.20 bits per heavy atom. The Morgan fingerprint density at radius 1 is 0.771 bits per heavy atom. The summed E-state index contributed by atoms with van der Waals surface area (Å²) >= 11 is 0. The van der Waals surface area contributed by atoms with Crippen molar-refractivity contribution in [2.24, 2.45) is 0 Å². The molecule has 35 heavy (non-hydrogen) atoms. The summed E-state index contributed by atoms with van der Waals surface area (Å²) in [7, 11) is 0. The smallest absolute Gasteiger partial charge is 0.251 e. The molecule has 0 radical (unpaired) electrons. The minimum Gasteiger partial charge on any atom is -0.454 e. The van der Waals surface area contributed by atoms with Crippen molar-refractivity contribution >= 4 is 23.2 Å². The second-order valence-corrected chi connectivity index (χ2v) is 9.59. The summed E-state index contributed by atoms with van der Waals surface area (Å²) in [6, 6.07) is 12.0. The number of ether oxygens (including phenoxy) is 2. The van der Waals surface area contributed by atoms with Crippen LogP contribution in [-0.4, -0.2) is 79.8 Å². The van der Waals surface area contributed by atoms with Gasteiger partial charge in [0.1, 0.15) is 5.82 Å². The van der Waals surface area contributed by atoms with E-state index in [0.29, 0.717) is 23.2 Å². The van der Waals surface area contributed by atoms with Crippen LogP contribution in [0, 0.1) is 5.82 Å². The van der Waals surface area contributed by atoms with Crippen molar-refractivity contribution in [1.29, 1.82) is 0 Å². The van der Waals surface area contributed by atoms with E-state index in [-0.39, 0.29) is 30.8 Å². The lowest BCUT2D eigenvalue weighted by molar-refractivity contribution is -0.123. The highest BCUT2D eigenvalue weighted by atomic mass is 19.1. The summed E-state index contributed by atoms with van der Waals surface area (Å²) in [6.07, 6.45) is 2.19. The molecule has 6 rings (SSSR count). The van der Waals surface area contributed by atoms with E-state index >= 15 is 0 Å². The average Bonchev–Trinajstić information content (AvgIpc) is 3.48. The fourth-order valence-electron chi connectivity index (χ4n) is 5.76. The Kier molecular flexibility index (Phi) is 5.82. The van der Waals surface area contributed by atoms with Crippen LogP contribution in [-0.2, 0) is 9.59 Å². The Bertz CT molecular complexity index is 1110. The predicted octanol–water partition coefficient (Wildman–Crippen LogP) is 2.47. The van der Waals surface area contributed by atoms with E-state index in [4.69, 9.17) is 9.47 Å². The number of anilines is 2. The maximum Gasteiger partial charge on any atom is 0.251 e. The third-order valence-corrected chi connectivity index (χ3v) is 7.70. The SMILES string of the molecule is O=C1C[C@H](N2CCC(N3CCN(c4ccc(F)cc4)CC3)CC2)C(=O)N1c1ccc2c(c1)OCO2. The van der Waals surface area contributed by atoms with Gasteiger partial charge in [-0.15, -0.1) is 0 Å². The molecule has 4 heterocycles. The lowest BCUT2D eigenvalue weighted by Gasteiger charge is -2.44. The number of amides is 2. The molecule has 184 valence electrons. The fourth-order valence-corrected chi connectivity index (χ4v) is 5.76. The molecule has 0 bridgehead atoms. The van der Waals surface area contributed by atoms with Gasteiger partial charge in [-0.3, -0.25) is 19.4 Å². The van der Waals surface area contributed by atoms with Gasteiger partial charge in [-0.2, -0.15) is 0 Å². The van der Waals surface area contributed by atoms with E-state index in [1.54, 1.807) is 18.2 Å². The highest BCUT2D eigenvalue weighted by Gasteiger charge is 2.44. The molecule has 8 nitrogen and oxygen atoms in total. The van der Waals surface area contributed by atoms with E-state index < -0.39 is 6.04 Å². The van der Waals surface area contributed by atoms with E-state index in [1.165, 1.54) is 17.0 Å². The molecule has 2 amide bonds. The first-order valence-electron chi connectivity index (χ1n) is 12.3. The summed E-state index contributed by atoms with van der Waals surface area (Å²) in [6.45, 7) is 5.56. The van der Waals surface area contributed by atoms with Crippen molar-refractivity contribution in [3.63, 3.8) is 0 Å². The van der Waals surface area contributed by atoms with E-state index in [1.807, 2.05) is 12.1 Å². The molecule has 0 N–H and O–H groups in total. The minimum absolute atomic E-state index is 0.152. The lowest BCUT2D eigenvalue weighted by Crippen LogP contribution is -2.55. The molecular formula is C26H29FN4O4. The zero-order valence-corrected chi connectivity index (χ0v) is 19.6. The molecule has 2 aromatic rings. The quantitative estimate of drug-likeness (QED) is 0.623. The van der Waals surface area contributed by atoms with Crippen LogP contribution >= 0.6 is 0 Å². The zero-order chi connectivity index (χ0) is 23.9. The van der Waals surface area contributed by atoms with Crippen molar-refractivity contribution < 1.29 is 23.5 Å². The van der Waals surface area contributed by atoms with Crippen molar-refractivity contribution in [3.8, 4) is 11.5 Å². The number of nitrogens with zero attached hydrogens (tertiary/aromatic N) is 4. The molecule has 4 aliphatic rings. The third-order valence-electron chi connectivity index (χ3n) is 7.70. The number of hydrogen-bond acceptors (Lipinski definition) is 7. The molecule has 1 atom stereocenters. The molecule has 3 fully saturated rings. The van der Waals surface area contributed by atoms with Gasteiger partial charge in [0.25, 0.3) is 5.91 Å². The molecular weight excluding hydrogens is 451 g/mol. The third kappa shape index (κ3) is 4.23. The van der Waals surface area contributed by atoms with Crippen LogP contribution in [0.25, 0.3) is 0 Å². The van der Waals surface area contributed by atoms with Gasteiger partial charge < -0.3 is 14.4 Å². The maximum atomic E-state index is 13.2. The average molecular weight is 481 g/mol. The van der Waals surface area contributed by atoms with E-state index in [2.05, 4.69) is 14.7 Å². The van der Waals surface area contributed by atoms with Gasteiger partial charge in [0.05, 0.1) is 18.2 Å². The van der Waals surface area contributed by atoms with E-state index in [9.17, 15) is 14.0 Å². The molecule has 4 aliphatic heterocycles. The van der Waals surface area contributed by atoms with Gasteiger partial charge in [0, 0.05) is 57.1 Å². The number of fused-ring (bicyclic) bond motifs is 1. The normalized spacial score (nSPS) is 24.0. The monoisotopic (exact) mass is 480 g/mol. The molecule has 9 heteroatoms. The Morgan fingerprint density at radius 2 is 1.46 bits per heavy atom. The maximum absolute atomic E-state index is 13.2. The first kappa shape index (κ1) is 22.3. The number of carbonyl (C=O) groups is 2. The van der Waals surface area contributed by atoms with E-state index in [0.717, 1.165) is 57.8 Å². The van der Waals surface area contributed by atoms with Crippen molar-refractivity contribution in [2.45, 2.75) is 31.3 Å². The number of imide groups is 1. The van der Waals surface area contributed by atoms with Crippen LogP contribution in [0.2, 0.25) is 0 Å². The topological polar surface area (TPSA) is 65.6 Å². The van der Waals surface area contributed by atoms with Gasteiger partial charge in [0.2, 0.25) is 12.7 Å². The van der Waals surface area contributed by atoms with Crippen LogP contribution in [0.5, 0.6) is 11.5 Å². The van der Waals surface area contributed by atoms with Gasteiger partial charge >= 0.3 is 0 Å². The summed E-state index contributed by atoms with van der Waals surface area (Å²) < 4.78 is 24.0. The molecule has 0 aliphatic carbocycles. The summed E-state index contributed by atoms with van der Waals surface area (Å²) in [5, 5.41) is 0. The number of carbonyl (C=O) groups excluding carboxylic acids is 2. The highest BCUT2D eigenvalue weighted by Crippen LogP contribution is 2.37. The molecule has 0 unspecified atom stereocenters. The standard InChI is InChI=1S/C26H29FN4O4/c27-18-1-3-19(4-2-18)28-11-13-29(14-12-28)20-7-9-30(10-8-20)22-16-25(32)31(26(22)33)21-5-6-23-24(15-21)35-17-34-23/h1-6,15,20,22H,7-14,16-17H2/t22-/m0/s1. The highest BCUT2D eigenvalue weighted by molar-refractivity contribution is 6.22. The van der Waals surface area contributed by atoms with Crippen LogP contribution < -0.4 is 19.3 Å².